The van der Waals surface area contributed by atoms with E-state index in [0.29, 0.717) is 45.9 Å². The molecule has 4 aromatic carbocycles. The third-order valence-corrected chi connectivity index (χ3v) is 9.42. The molecule has 1 aliphatic heterocycles. The van der Waals surface area contributed by atoms with Gasteiger partial charge in [0.25, 0.3) is 5.78 Å². The molecule has 0 saturated carbocycles. The van der Waals surface area contributed by atoms with E-state index >= 15 is 0 Å². The van der Waals surface area contributed by atoms with Crippen LogP contribution in [0.15, 0.2) is 119 Å². The second kappa shape index (κ2) is 14.4. The molecule has 1 amide bonds. The number of hydrogen-bond donors (Lipinski definition) is 1. The zero-order valence-corrected chi connectivity index (χ0v) is 26.7. The van der Waals surface area contributed by atoms with Crippen LogP contribution in [0.3, 0.4) is 0 Å². The molecule has 1 aliphatic rings. The predicted octanol–water partition coefficient (Wildman–Crippen LogP) is 7.82. The summed E-state index contributed by atoms with van der Waals surface area (Å²) in [7, 11) is 0. The maximum Gasteiger partial charge on any atom is 0.301 e. The summed E-state index contributed by atoms with van der Waals surface area (Å²) in [6.45, 7) is 2.98. The zero-order chi connectivity index (χ0) is 31.9. The number of aliphatic hydroxyl groups is 1. The number of anilines is 1. The predicted molar refractivity (Wildman–Crippen MR) is 180 cm³/mol. The lowest BCUT2D eigenvalue weighted by atomic mass is 9.95. The normalized spacial score (nSPS) is 15.7. The molecule has 10 heteroatoms. The molecular formula is C36H31N3O5S2. The monoisotopic (exact) mass is 649 g/mol. The van der Waals surface area contributed by atoms with Crippen LogP contribution in [-0.4, -0.2) is 33.6 Å². The number of rotatable bonds is 12. The standard InChI is InChI=1S/C36H31N3O5S2/c1-2-21-43-28-19-15-27(16-20-28)32(40)30-31(26-13-17-29(18-14-26)44-22-24-9-5-3-6-10-24)39(34(42)33(30)41)35-37-38-36(46-35)45-23-25-11-7-4-8-12-25/h3-20,31,40H,2,21-23H2,1H3/b32-30+. The summed E-state index contributed by atoms with van der Waals surface area (Å²) in [6.07, 6.45) is 0.860. The number of thioether (sulfide) groups is 1. The number of amides is 1. The summed E-state index contributed by atoms with van der Waals surface area (Å²) in [6, 6.07) is 32.9. The van der Waals surface area contributed by atoms with Gasteiger partial charge in [0.1, 0.15) is 23.9 Å². The van der Waals surface area contributed by atoms with Gasteiger partial charge in [0.2, 0.25) is 5.13 Å². The van der Waals surface area contributed by atoms with Crippen LogP contribution in [0.5, 0.6) is 11.5 Å². The molecule has 1 atom stereocenters. The van der Waals surface area contributed by atoms with E-state index in [0.717, 1.165) is 17.5 Å². The number of carbonyl (C=O) groups excluding carboxylic acids is 2. The van der Waals surface area contributed by atoms with Crippen molar-refractivity contribution in [2.45, 2.75) is 36.1 Å². The maximum atomic E-state index is 13.6. The van der Waals surface area contributed by atoms with E-state index in [1.54, 1.807) is 48.5 Å². The summed E-state index contributed by atoms with van der Waals surface area (Å²) >= 11 is 2.73. The highest BCUT2D eigenvalue weighted by Gasteiger charge is 2.48. The van der Waals surface area contributed by atoms with Gasteiger partial charge >= 0.3 is 5.91 Å². The maximum absolute atomic E-state index is 13.6. The van der Waals surface area contributed by atoms with Gasteiger partial charge in [-0.2, -0.15) is 0 Å². The Kier molecular flexibility index (Phi) is 9.76. The van der Waals surface area contributed by atoms with Crippen molar-refractivity contribution in [2.75, 3.05) is 11.5 Å². The van der Waals surface area contributed by atoms with Gasteiger partial charge in [0.05, 0.1) is 18.2 Å². The van der Waals surface area contributed by atoms with Crippen molar-refractivity contribution in [3.8, 4) is 11.5 Å². The lowest BCUT2D eigenvalue weighted by molar-refractivity contribution is -0.132. The van der Waals surface area contributed by atoms with Crippen LogP contribution in [0, 0.1) is 0 Å². The first-order chi connectivity index (χ1) is 22.5. The largest absolute Gasteiger partial charge is 0.507 e. The second-order valence-electron chi connectivity index (χ2n) is 10.5. The number of aliphatic hydroxyl groups excluding tert-OH is 1. The molecule has 46 heavy (non-hydrogen) atoms. The molecule has 232 valence electrons. The number of Topliss-reactive ketones (excluding diaryl/α,β-unsaturated/α-hetero) is 1. The highest BCUT2D eigenvalue weighted by molar-refractivity contribution is 8.00. The Labute approximate surface area is 275 Å². The van der Waals surface area contributed by atoms with Crippen molar-refractivity contribution in [1.29, 1.82) is 0 Å². The van der Waals surface area contributed by atoms with Gasteiger partial charge in [-0.25, -0.2) is 0 Å². The molecule has 5 aromatic rings. The first-order valence-corrected chi connectivity index (χ1v) is 16.6. The van der Waals surface area contributed by atoms with E-state index in [9.17, 15) is 14.7 Å². The van der Waals surface area contributed by atoms with E-state index in [1.165, 1.54) is 28.0 Å². The highest BCUT2D eigenvalue weighted by atomic mass is 32.2. The summed E-state index contributed by atoms with van der Waals surface area (Å²) in [5.74, 6) is 0.0979. The Balaban J connectivity index is 1.33. The van der Waals surface area contributed by atoms with E-state index in [4.69, 9.17) is 9.47 Å². The third-order valence-electron chi connectivity index (χ3n) is 7.30. The number of ether oxygens (including phenoxy) is 2. The molecule has 1 saturated heterocycles. The zero-order valence-electron chi connectivity index (χ0n) is 25.0. The fraction of sp³-hybridized carbons (Fsp3) is 0.167. The lowest BCUT2D eigenvalue weighted by Gasteiger charge is -2.22. The van der Waals surface area contributed by atoms with E-state index in [-0.39, 0.29) is 16.5 Å². The van der Waals surface area contributed by atoms with Gasteiger partial charge in [-0.05, 0) is 59.5 Å². The van der Waals surface area contributed by atoms with Gasteiger partial charge < -0.3 is 14.6 Å². The lowest BCUT2D eigenvalue weighted by Crippen LogP contribution is -2.29. The van der Waals surface area contributed by atoms with Gasteiger partial charge in [0, 0.05) is 11.3 Å². The van der Waals surface area contributed by atoms with E-state index < -0.39 is 17.7 Å². The molecule has 1 fully saturated rings. The fourth-order valence-electron chi connectivity index (χ4n) is 4.99. The molecule has 0 radical (unpaired) electrons. The minimum atomic E-state index is -0.931. The van der Waals surface area contributed by atoms with Gasteiger partial charge in [-0.1, -0.05) is 103 Å². The number of carbonyl (C=O) groups is 2. The molecule has 8 nitrogen and oxygen atoms in total. The third kappa shape index (κ3) is 6.98. The Bertz CT molecular complexity index is 1830. The van der Waals surface area contributed by atoms with Crippen LogP contribution >= 0.6 is 23.1 Å². The number of nitrogens with zero attached hydrogens (tertiary/aromatic N) is 3. The van der Waals surface area contributed by atoms with Crippen molar-refractivity contribution >= 4 is 45.7 Å². The summed E-state index contributed by atoms with van der Waals surface area (Å²) in [5, 5.41) is 20.4. The van der Waals surface area contributed by atoms with Crippen molar-refractivity contribution in [1.82, 2.24) is 10.2 Å². The number of benzene rings is 4. The quantitative estimate of drug-likeness (QED) is 0.0480. The molecule has 2 heterocycles. The minimum absolute atomic E-state index is 0.0288. The van der Waals surface area contributed by atoms with Crippen molar-refractivity contribution < 1.29 is 24.2 Å². The highest BCUT2D eigenvalue weighted by Crippen LogP contribution is 2.44. The van der Waals surface area contributed by atoms with Crippen molar-refractivity contribution in [3.63, 3.8) is 0 Å². The van der Waals surface area contributed by atoms with Gasteiger partial charge in [-0.3, -0.25) is 14.5 Å². The van der Waals surface area contributed by atoms with Crippen molar-refractivity contribution in [3.05, 3.63) is 137 Å². The van der Waals surface area contributed by atoms with Crippen LogP contribution in [0.4, 0.5) is 5.13 Å². The van der Waals surface area contributed by atoms with Crippen LogP contribution in [0.1, 0.15) is 41.6 Å². The molecule has 0 aliphatic carbocycles. The van der Waals surface area contributed by atoms with Crippen molar-refractivity contribution in [2.24, 2.45) is 0 Å². The Morgan fingerprint density at radius 1 is 0.826 bits per heavy atom. The second-order valence-corrected chi connectivity index (χ2v) is 12.7. The smallest absolute Gasteiger partial charge is 0.301 e. The molecule has 6 rings (SSSR count). The average molecular weight is 650 g/mol. The summed E-state index contributed by atoms with van der Waals surface area (Å²) < 4.78 is 12.3. The topological polar surface area (TPSA) is 102 Å². The number of hydrogen-bond acceptors (Lipinski definition) is 9. The molecule has 1 N–H and O–H groups in total. The SMILES string of the molecule is CCCOc1ccc(/C(O)=C2\C(=O)C(=O)N(c3nnc(SCc4ccccc4)s3)C2c2ccc(OCc3ccccc3)cc2)cc1. The summed E-state index contributed by atoms with van der Waals surface area (Å²) in [4.78, 5) is 28.6. The van der Waals surface area contributed by atoms with Gasteiger partial charge in [-0.15, -0.1) is 10.2 Å². The van der Waals surface area contributed by atoms with E-state index in [2.05, 4.69) is 10.2 Å². The molecule has 0 bridgehead atoms. The fourth-order valence-corrected chi connectivity index (χ4v) is 6.82. The molecule has 1 aromatic heterocycles. The number of aromatic nitrogens is 2. The first-order valence-electron chi connectivity index (χ1n) is 14.8. The Hall–Kier alpha value is -4.93. The Morgan fingerprint density at radius 2 is 1.46 bits per heavy atom. The first kappa shape index (κ1) is 31.1. The van der Waals surface area contributed by atoms with Crippen LogP contribution in [-0.2, 0) is 21.9 Å². The minimum Gasteiger partial charge on any atom is -0.507 e. The van der Waals surface area contributed by atoms with Crippen LogP contribution < -0.4 is 14.4 Å². The molecule has 1 unspecified atom stereocenters. The van der Waals surface area contributed by atoms with E-state index in [1.807, 2.05) is 67.6 Å². The Morgan fingerprint density at radius 3 is 2.13 bits per heavy atom. The summed E-state index contributed by atoms with van der Waals surface area (Å²) in [5.41, 5.74) is 3.14. The van der Waals surface area contributed by atoms with Crippen LogP contribution in [0.2, 0.25) is 0 Å². The number of ketones is 1. The molecule has 0 spiro atoms. The van der Waals surface area contributed by atoms with Gasteiger partial charge in [0.15, 0.2) is 4.34 Å². The molecular weight excluding hydrogens is 619 g/mol. The van der Waals surface area contributed by atoms with Crippen LogP contribution in [0.25, 0.3) is 5.76 Å². The average Bonchev–Trinajstić information content (AvgIpc) is 3.68.